The Morgan fingerprint density at radius 1 is 0.767 bits per heavy atom. The van der Waals surface area contributed by atoms with Crippen molar-refractivity contribution in [3.63, 3.8) is 0 Å². The van der Waals surface area contributed by atoms with E-state index in [1.807, 2.05) is 0 Å². The molecule has 0 aliphatic rings. The van der Waals surface area contributed by atoms with Gasteiger partial charge in [-0.05, 0) is 71.0 Å². The number of ketones is 2. The number of rotatable bonds is 7. The van der Waals surface area contributed by atoms with Crippen LogP contribution in [0.2, 0.25) is 0 Å². The Labute approximate surface area is 254 Å². The van der Waals surface area contributed by atoms with E-state index in [0.717, 1.165) is 0 Å². The molecule has 0 unspecified atom stereocenters. The minimum absolute atomic E-state index is 0.0805. The third-order valence-electron chi connectivity index (χ3n) is 4.97. The molecule has 0 N–H and O–H groups in total. The average molecular weight is 655 g/mol. The Bertz CT molecular complexity index is 1570. The summed E-state index contributed by atoms with van der Waals surface area (Å²) in [6, 6.07) is 12.3. The Hall–Kier alpha value is -5.18. The lowest BCUT2D eigenvalue weighted by Crippen LogP contribution is -2.35. The number of hydrogen-bond donors (Lipinski definition) is 0. The van der Waals surface area contributed by atoms with Gasteiger partial charge in [0.05, 0.1) is 24.3 Å². The second-order valence-corrected chi connectivity index (χ2v) is 8.94. The van der Waals surface area contributed by atoms with Gasteiger partial charge in [-0.1, -0.05) is 4.85 Å². The van der Waals surface area contributed by atoms with Crippen LogP contribution in [0.3, 0.4) is 0 Å². The number of ether oxygens (including phenoxy) is 2. The van der Waals surface area contributed by atoms with Crippen molar-refractivity contribution in [3.8, 4) is 11.4 Å². The lowest BCUT2D eigenvalue weighted by atomic mass is 10.2. The first-order chi connectivity index (χ1) is 20.5. The third-order valence-corrected chi connectivity index (χ3v) is 5.44. The number of Topliss-reactive ketones (excluding diaryl/α,β-unsaturated/α-hetero) is 2. The number of aromatic nitrogens is 6. The van der Waals surface area contributed by atoms with Crippen LogP contribution in [0.25, 0.3) is 11.4 Å². The van der Waals surface area contributed by atoms with Gasteiger partial charge in [0.1, 0.15) is 10.3 Å². The van der Waals surface area contributed by atoms with Crippen LogP contribution in [0, 0.1) is 10.4 Å². The molecule has 14 nitrogen and oxygen atoms in total. The van der Waals surface area contributed by atoms with Crippen molar-refractivity contribution in [1.82, 2.24) is 20.2 Å². The monoisotopic (exact) mass is 654 g/mol. The van der Waals surface area contributed by atoms with Crippen LogP contribution in [0.4, 0.5) is 0 Å². The molecule has 4 aromatic rings. The number of esters is 2. The Morgan fingerprint density at radius 2 is 1.33 bits per heavy atom. The summed E-state index contributed by atoms with van der Waals surface area (Å²) in [4.78, 5) is 52.9. The lowest BCUT2D eigenvalue weighted by Gasteiger charge is -2.04. The van der Waals surface area contributed by atoms with Gasteiger partial charge in [-0.25, -0.2) is 19.6 Å². The molecule has 0 aromatic carbocycles. The Kier molecular flexibility index (Phi) is 13.4. The van der Waals surface area contributed by atoms with E-state index in [2.05, 4.69) is 36.1 Å². The second kappa shape index (κ2) is 16.9. The summed E-state index contributed by atoms with van der Waals surface area (Å²) < 4.78 is 10.3. The first-order valence-corrected chi connectivity index (χ1v) is 13.4. The van der Waals surface area contributed by atoms with Crippen molar-refractivity contribution in [3.05, 3.63) is 105 Å². The van der Waals surface area contributed by atoms with Crippen molar-refractivity contribution in [1.29, 1.82) is 0 Å². The number of pyridine rings is 2. The summed E-state index contributed by atoms with van der Waals surface area (Å²) >= 11 is 3.17. The van der Waals surface area contributed by atoms with Gasteiger partial charge in [-0.3, -0.25) is 9.59 Å². The van der Waals surface area contributed by atoms with E-state index in [0.29, 0.717) is 37.7 Å². The maximum Gasteiger partial charge on any atom is 0.339 e. The molecule has 0 atom stereocenters. The van der Waals surface area contributed by atoms with E-state index in [-0.39, 0.29) is 41.2 Å². The molecule has 0 saturated heterocycles. The smallest absolute Gasteiger partial charge is 0.339 e. The fraction of sp³-hybridized carbons (Fsp3) is 0.214. The third kappa shape index (κ3) is 11.0. The Morgan fingerprint density at radius 3 is 1.74 bits per heavy atom. The van der Waals surface area contributed by atoms with E-state index >= 15 is 0 Å². The molecule has 0 amide bonds. The van der Waals surface area contributed by atoms with Crippen LogP contribution >= 0.6 is 15.9 Å². The van der Waals surface area contributed by atoms with Crippen molar-refractivity contribution in [2.45, 2.75) is 27.7 Å². The number of nitrogens with zero attached hydrogens (tertiary/aromatic N) is 6. The predicted octanol–water partition coefficient (Wildman–Crippen LogP) is 3.09. The highest BCUT2D eigenvalue weighted by Gasteiger charge is 2.16. The van der Waals surface area contributed by atoms with Gasteiger partial charge in [0.2, 0.25) is 6.20 Å². The summed E-state index contributed by atoms with van der Waals surface area (Å²) in [6.45, 7) is 6.83. The molecule has 224 valence electrons. The number of halogens is 1. The number of carbonyl (C=O) groups is 4. The highest BCUT2D eigenvalue weighted by molar-refractivity contribution is 9.10. The average Bonchev–Trinajstić information content (AvgIpc) is 2.98. The molecule has 0 radical (unpaired) electrons. The van der Waals surface area contributed by atoms with Crippen LogP contribution in [-0.2, 0) is 9.47 Å². The normalized spacial score (nSPS) is 9.79. The molecule has 4 heterocycles. The molecule has 0 bridgehead atoms. The SMILES string of the molecule is CC(=O)c1ccc[n+]([O-])n1.CCOC(=O)c1ccc(-c2ccc(C(C)=O)n[n+]2[O-])nc1.CCOC(=O)c1ccc(Br)nc1. The molecule has 15 heteroatoms. The van der Waals surface area contributed by atoms with Crippen molar-refractivity contribution in [2.24, 2.45) is 0 Å². The largest absolute Gasteiger partial charge is 0.594 e. The van der Waals surface area contributed by atoms with Gasteiger partial charge in [-0.2, -0.15) is 0 Å². The van der Waals surface area contributed by atoms with Crippen molar-refractivity contribution >= 4 is 39.4 Å². The molecular weight excluding hydrogens is 628 g/mol. The predicted molar refractivity (Wildman–Crippen MR) is 153 cm³/mol. The zero-order valence-corrected chi connectivity index (χ0v) is 25.2. The van der Waals surface area contributed by atoms with Crippen LogP contribution in [0.1, 0.15) is 69.4 Å². The minimum atomic E-state index is -0.475. The molecule has 4 aromatic heterocycles. The fourth-order valence-corrected chi connectivity index (χ4v) is 3.17. The first-order valence-electron chi connectivity index (χ1n) is 12.6. The van der Waals surface area contributed by atoms with Crippen molar-refractivity contribution in [2.75, 3.05) is 13.2 Å². The summed E-state index contributed by atoms with van der Waals surface area (Å²) in [5, 5.41) is 29.2. The molecule has 4 rings (SSSR count). The summed E-state index contributed by atoms with van der Waals surface area (Å²) in [6.07, 6.45) is 4.03. The molecule has 43 heavy (non-hydrogen) atoms. The first kappa shape index (κ1) is 34.0. The number of carbonyl (C=O) groups excluding carboxylic acids is 4. The minimum Gasteiger partial charge on any atom is -0.594 e. The standard InChI is InChI=1S/C14H13N3O4.C8H8BrNO2.C6H6N2O2/c1-3-21-14(19)10-4-5-12(15-8-10)13-7-6-11(9(2)18)16-17(13)20;1-2-12-8(11)6-3-4-7(9)10-5-6;1-5(9)6-3-2-4-8(10)7-6/h4-8H,3H2,1-2H3;3-5H,2H2,1H3;2-4H,1H3. The summed E-state index contributed by atoms with van der Waals surface area (Å²) in [5.41, 5.74) is 1.58. The van der Waals surface area contributed by atoms with Gasteiger partial charge >= 0.3 is 11.9 Å². The van der Waals surface area contributed by atoms with Crippen LogP contribution in [-0.4, -0.2) is 56.9 Å². The summed E-state index contributed by atoms with van der Waals surface area (Å²) in [5.74, 6) is -1.31. The molecule has 0 saturated carbocycles. The fourth-order valence-electron chi connectivity index (χ4n) is 2.94. The maximum absolute atomic E-state index is 11.8. The molecule has 0 aliphatic heterocycles. The van der Waals surface area contributed by atoms with Gasteiger partial charge in [-0.15, -0.1) is 0 Å². The molecule has 0 fully saturated rings. The van der Waals surface area contributed by atoms with Crippen LogP contribution in [0.5, 0.6) is 0 Å². The molecule has 0 aliphatic carbocycles. The van der Waals surface area contributed by atoms with E-state index in [9.17, 15) is 29.6 Å². The van der Waals surface area contributed by atoms with E-state index in [1.54, 1.807) is 26.0 Å². The van der Waals surface area contributed by atoms with E-state index in [1.165, 1.54) is 68.8 Å². The Balaban J connectivity index is 0.000000248. The van der Waals surface area contributed by atoms with Gasteiger partial charge in [0.15, 0.2) is 23.0 Å². The highest BCUT2D eigenvalue weighted by atomic mass is 79.9. The molecular formula is C28H27BrN6O8. The van der Waals surface area contributed by atoms with Crippen molar-refractivity contribution < 1.29 is 38.3 Å². The topological polar surface area (TPSA) is 192 Å². The van der Waals surface area contributed by atoms with Gasteiger partial charge < -0.3 is 19.9 Å². The lowest BCUT2D eigenvalue weighted by molar-refractivity contribution is -0.669. The second-order valence-electron chi connectivity index (χ2n) is 8.13. The zero-order valence-electron chi connectivity index (χ0n) is 23.6. The quantitative estimate of drug-likeness (QED) is 0.0931. The highest BCUT2D eigenvalue weighted by Crippen LogP contribution is 2.13. The molecule has 0 spiro atoms. The van der Waals surface area contributed by atoms with Crippen LogP contribution in [0.15, 0.2) is 71.7 Å². The van der Waals surface area contributed by atoms with E-state index in [4.69, 9.17) is 9.47 Å². The van der Waals surface area contributed by atoms with E-state index < -0.39 is 5.97 Å². The van der Waals surface area contributed by atoms with Gasteiger partial charge in [0.25, 0.3) is 5.69 Å². The number of hydrogen-bond acceptors (Lipinski definition) is 12. The maximum atomic E-state index is 11.8. The zero-order chi connectivity index (χ0) is 31.9. The van der Waals surface area contributed by atoms with Gasteiger partial charge in [0, 0.05) is 48.6 Å². The van der Waals surface area contributed by atoms with Crippen LogP contribution < -0.4 is 9.69 Å². The summed E-state index contributed by atoms with van der Waals surface area (Å²) in [7, 11) is 0.